The average Bonchev–Trinajstić information content (AvgIpc) is 2.66. The quantitative estimate of drug-likeness (QED) is 0.669. The third kappa shape index (κ3) is 4.47. The Labute approximate surface area is 148 Å². The summed E-state index contributed by atoms with van der Waals surface area (Å²) in [5.41, 5.74) is 0.949. The number of nitrogens with zero attached hydrogens (tertiary/aromatic N) is 3. The van der Waals surface area contributed by atoms with Crippen molar-refractivity contribution in [1.29, 1.82) is 0 Å². The van der Waals surface area contributed by atoms with Crippen molar-refractivity contribution in [2.45, 2.75) is 13.8 Å². The molecule has 3 aromatic rings. The van der Waals surface area contributed by atoms with Crippen molar-refractivity contribution in [2.75, 3.05) is 23.3 Å². The van der Waals surface area contributed by atoms with Crippen LogP contribution in [0, 0.1) is 0 Å². The third-order valence-corrected chi connectivity index (χ3v) is 3.85. The van der Waals surface area contributed by atoms with Crippen LogP contribution in [0.2, 0.25) is 0 Å². The van der Waals surface area contributed by atoms with Crippen LogP contribution in [0.5, 0.6) is 11.5 Å². The molecule has 0 aliphatic heterocycles. The molecule has 0 radical (unpaired) electrons. The van der Waals surface area contributed by atoms with Crippen LogP contribution in [0.1, 0.15) is 13.8 Å². The topological polar surface area (TPSA) is 50.3 Å². The molecule has 0 bridgehead atoms. The van der Waals surface area contributed by atoms with Crippen molar-refractivity contribution in [3.63, 3.8) is 0 Å². The van der Waals surface area contributed by atoms with E-state index in [4.69, 9.17) is 4.74 Å². The van der Waals surface area contributed by atoms with Gasteiger partial charge in [-0.15, -0.1) is 0 Å². The molecule has 5 nitrogen and oxygen atoms in total. The van der Waals surface area contributed by atoms with Gasteiger partial charge in [-0.3, -0.25) is 0 Å². The van der Waals surface area contributed by atoms with Crippen molar-refractivity contribution in [2.24, 2.45) is 0 Å². The number of benzene rings is 2. The van der Waals surface area contributed by atoms with Gasteiger partial charge < -0.3 is 15.0 Å². The Morgan fingerprint density at radius 2 is 1.56 bits per heavy atom. The zero-order chi connectivity index (χ0) is 17.5. The van der Waals surface area contributed by atoms with Crippen LogP contribution in [0.25, 0.3) is 0 Å². The van der Waals surface area contributed by atoms with Gasteiger partial charge in [0.05, 0.1) is 0 Å². The lowest BCUT2D eigenvalue weighted by atomic mass is 10.3. The zero-order valence-corrected chi connectivity index (χ0v) is 14.5. The highest BCUT2D eigenvalue weighted by Gasteiger charge is 2.05. The molecule has 2 aromatic carbocycles. The highest BCUT2D eigenvalue weighted by Crippen LogP contribution is 2.24. The fraction of sp³-hybridized carbons (Fsp3) is 0.200. The fourth-order valence-electron chi connectivity index (χ4n) is 2.51. The predicted octanol–water partition coefficient (Wildman–Crippen LogP) is 4.86. The van der Waals surface area contributed by atoms with Gasteiger partial charge in [0.2, 0.25) is 0 Å². The smallest absolute Gasteiger partial charge is 0.135 e. The van der Waals surface area contributed by atoms with Crippen LogP contribution in [0.15, 0.2) is 67.0 Å². The molecule has 0 amide bonds. The summed E-state index contributed by atoms with van der Waals surface area (Å²) in [5, 5.41) is 3.31. The van der Waals surface area contributed by atoms with Gasteiger partial charge in [-0.05, 0) is 50.2 Å². The van der Waals surface area contributed by atoms with Crippen molar-refractivity contribution in [3.8, 4) is 11.5 Å². The second-order valence-corrected chi connectivity index (χ2v) is 5.50. The minimum atomic E-state index is 0.772. The Bertz CT molecular complexity index is 786. The number of hydrogen-bond donors (Lipinski definition) is 1. The Morgan fingerprint density at radius 3 is 2.24 bits per heavy atom. The van der Waals surface area contributed by atoms with Crippen LogP contribution in [0.4, 0.5) is 17.3 Å². The van der Waals surface area contributed by atoms with Gasteiger partial charge in [-0.1, -0.05) is 18.2 Å². The molecule has 0 fully saturated rings. The molecule has 0 aliphatic rings. The average molecular weight is 334 g/mol. The number of nitrogens with one attached hydrogen (secondary N) is 1. The molecule has 3 rings (SSSR count). The molecule has 5 heteroatoms. The molecule has 0 atom stereocenters. The number of aromatic nitrogens is 2. The van der Waals surface area contributed by atoms with E-state index < -0.39 is 0 Å². The molecule has 0 spiro atoms. The van der Waals surface area contributed by atoms with E-state index in [1.807, 2.05) is 60.7 Å². The van der Waals surface area contributed by atoms with E-state index in [9.17, 15) is 0 Å². The van der Waals surface area contributed by atoms with Gasteiger partial charge in [0.15, 0.2) is 0 Å². The number of anilines is 3. The Kier molecular flexibility index (Phi) is 5.46. The molecular formula is C20H22N4O. The number of para-hydroxylation sites is 1. The van der Waals surface area contributed by atoms with Crippen LogP contribution >= 0.6 is 0 Å². The second-order valence-electron chi connectivity index (χ2n) is 5.50. The first-order valence-electron chi connectivity index (χ1n) is 8.45. The van der Waals surface area contributed by atoms with Gasteiger partial charge in [-0.25, -0.2) is 9.97 Å². The standard InChI is InChI=1S/C20H22N4O/c1-3-24(4-2)20-14-19(21-15-22-20)23-16-10-12-18(13-11-16)25-17-8-6-5-7-9-17/h5-15H,3-4H2,1-2H3,(H,21,22,23). The molecule has 1 N–H and O–H groups in total. The lowest BCUT2D eigenvalue weighted by molar-refractivity contribution is 0.483. The van der Waals surface area contributed by atoms with E-state index in [1.54, 1.807) is 6.33 Å². The summed E-state index contributed by atoms with van der Waals surface area (Å²) in [5.74, 6) is 3.31. The second kappa shape index (κ2) is 8.15. The molecule has 1 aromatic heterocycles. The van der Waals surface area contributed by atoms with E-state index in [-0.39, 0.29) is 0 Å². The van der Waals surface area contributed by atoms with Crippen LogP contribution < -0.4 is 15.0 Å². The number of ether oxygens (including phenoxy) is 1. The van der Waals surface area contributed by atoms with Crippen molar-refractivity contribution >= 4 is 17.3 Å². The Hall–Kier alpha value is -3.08. The normalized spacial score (nSPS) is 10.3. The van der Waals surface area contributed by atoms with Crippen LogP contribution in [0.3, 0.4) is 0 Å². The maximum absolute atomic E-state index is 5.80. The first-order chi connectivity index (χ1) is 12.3. The maximum atomic E-state index is 5.80. The van der Waals surface area contributed by atoms with E-state index >= 15 is 0 Å². The minimum Gasteiger partial charge on any atom is -0.457 e. The molecular weight excluding hydrogens is 312 g/mol. The molecule has 0 saturated carbocycles. The lowest BCUT2D eigenvalue weighted by Crippen LogP contribution is -2.23. The van der Waals surface area contributed by atoms with E-state index in [2.05, 4.69) is 34.0 Å². The summed E-state index contributed by atoms with van der Waals surface area (Å²) in [4.78, 5) is 10.8. The highest BCUT2D eigenvalue weighted by molar-refractivity contribution is 5.60. The largest absolute Gasteiger partial charge is 0.457 e. The summed E-state index contributed by atoms with van der Waals surface area (Å²) in [7, 11) is 0. The molecule has 25 heavy (non-hydrogen) atoms. The van der Waals surface area contributed by atoms with Gasteiger partial charge in [-0.2, -0.15) is 0 Å². The molecule has 128 valence electrons. The van der Waals surface area contributed by atoms with Gasteiger partial charge in [0, 0.05) is 24.8 Å². The molecule has 0 saturated heterocycles. The van der Waals surface area contributed by atoms with Crippen molar-refractivity contribution < 1.29 is 4.74 Å². The fourth-order valence-corrected chi connectivity index (χ4v) is 2.51. The van der Waals surface area contributed by atoms with Crippen LogP contribution in [-0.4, -0.2) is 23.1 Å². The van der Waals surface area contributed by atoms with Crippen molar-refractivity contribution in [1.82, 2.24) is 9.97 Å². The minimum absolute atomic E-state index is 0.772. The predicted molar refractivity (Wildman–Crippen MR) is 102 cm³/mol. The highest BCUT2D eigenvalue weighted by atomic mass is 16.5. The van der Waals surface area contributed by atoms with Gasteiger partial charge >= 0.3 is 0 Å². The third-order valence-electron chi connectivity index (χ3n) is 3.85. The zero-order valence-electron chi connectivity index (χ0n) is 14.5. The summed E-state index contributed by atoms with van der Waals surface area (Å²) >= 11 is 0. The SMILES string of the molecule is CCN(CC)c1cc(Nc2ccc(Oc3ccccc3)cc2)ncn1. The monoisotopic (exact) mass is 334 g/mol. The summed E-state index contributed by atoms with van der Waals surface area (Å²) in [6.07, 6.45) is 1.59. The van der Waals surface area contributed by atoms with Gasteiger partial charge in [0.25, 0.3) is 0 Å². The van der Waals surface area contributed by atoms with Crippen molar-refractivity contribution in [3.05, 3.63) is 67.0 Å². The summed E-state index contributed by atoms with van der Waals surface area (Å²) < 4.78 is 5.80. The maximum Gasteiger partial charge on any atom is 0.135 e. The first kappa shape index (κ1) is 16.8. The Balaban J connectivity index is 1.68. The van der Waals surface area contributed by atoms with E-state index in [0.29, 0.717) is 0 Å². The van der Waals surface area contributed by atoms with Gasteiger partial charge in [0.1, 0.15) is 29.5 Å². The van der Waals surface area contributed by atoms with E-state index in [0.717, 1.165) is 41.9 Å². The number of rotatable bonds is 7. The lowest BCUT2D eigenvalue weighted by Gasteiger charge is -2.19. The van der Waals surface area contributed by atoms with E-state index in [1.165, 1.54) is 0 Å². The molecule has 1 heterocycles. The summed E-state index contributed by atoms with van der Waals surface area (Å²) in [6.45, 7) is 6.06. The first-order valence-corrected chi connectivity index (χ1v) is 8.45. The molecule has 0 aliphatic carbocycles. The Morgan fingerprint density at radius 1 is 0.880 bits per heavy atom. The summed E-state index contributed by atoms with van der Waals surface area (Å²) in [6, 6.07) is 19.5. The van der Waals surface area contributed by atoms with Crippen LogP contribution in [-0.2, 0) is 0 Å². The number of hydrogen-bond acceptors (Lipinski definition) is 5. The molecule has 0 unspecified atom stereocenters.